The summed E-state index contributed by atoms with van der Waals surface area (Å²) in [5, 5.41) is 9.41. The molecule has 1 amide bonds. The van der Waals surface area contributed by atoms with E-state index in [0.717, 1.165) is 17.0 Å². The van der Waals surface area contributed by atoms with Crippen LogP contribution in [0.1, 0.15) is 50.1 Å². The van der Waals surface area contributed by atoms with Crippen LogP contribution in [0.5, 0.6) is 0 Å². The zero-order valence-electron chi connectivity index (χ0n) is 17.3. The second kappa shape index (κ2) is 8.25. The number of amides is 1. The van der Waals surface area contributed by atoms with Crippen LogP contribution < -0.4 is 5.32 Å². The van der Waals surface area contributed by atoms with Gasteiger partial charge in [0.1, 0.15) is 17.3 Å². The number of rotatable bonds is 6. The first kappa shape index (κ1) is 22.1. The van der Waals surface area contributed by atoms with Crippen LogP contribution in [0.25, 0.3) is 0 Å². The number of hydrogen-bond donors (Lipinski definition) is 2. The first-order chi connectivity index (χ1) is 15.3. The molecule has 0 radical (unpaired) electrons. The molecule has 2 saturated carbocycles. The maximum Gasteiger partial charge on any atom is 0.224 e. The van der Waals surface area contributed by atoms with Crippen LogP contribution in [0.3, 0.4) is 0 Å². The summed E-state index contributed by atoms with van der Waals surface area (Å²) < 4.78 is 47.0. The molecule has 2 unspecified atom stereocenters. The fourth-order valence-corrected chi connectivity index (χ4v) is 6.75. The summed E-state index contributed by atoms with van der Waals surface area (Å²) >= 11 is 7.48. The SMILES string of the molecule is O=C(NC(c1c(F)ccc(Cl)c1F)C12CCC(F)(CC1)C2)C1CCN(Sc2cn[nH]c2)C1. The third kappa shape index (κ3) is 3.92. The highest BCUT2D eigenvalue weighted by atomic mass is 35.5. The highest BCUT2D eigenvalue weighted by Gasteiger charge is 2.59. The van der Waals surface area contributed by atoms with E-state index in [2.05, 4.69) is 19.8 Å². The van der Waals surface area contributed by atoms with E-state index in [1.807, 2.05) is 0 Å². The lowest BCUT2D eigenvalue weighted by Gasteiger charge is -2.37. The molecule has 1 aromatic heterocycles. The van der Waals surface area contributed by atoms with Gasteiger partial charge in [0.2, 0.25) is 5.91 Å². The molecule has 2 atom stereocenters. The molecule has 2 bridgehead atoms. The maximum atomic E-state index is 15.0. The van der Waals surface area contributed by atoms with Gasteiger partial charge in [0.15, 0.2) is 0 Å². The number of alkyl halides is 1. The molecule has 3 fully saturated rings. The molecule has 2 aromatic rings. The van der Waals surface area contributed by atoms with Crippen LogP contribution in [-0.4, -0.2) is 39.2 Å². The Hall–Kier alpha value is -1.71. The molecule has 2 aliphatic carbocycles. The number of carbonyl (C=O) groups is 1. The van der Waals surface area contributed by atoms with Crippen molar-refractivity contribution in [2.45, 2.75) is 55.1 Å². The molecule has 1 aromatic carbocycles. The van der Waals surface area contributed by atoms with Crippen LogP contribution in [0.4, 0.5) is 13.2 Å². The van der Waals surface area contributed by atoms with Gasteiger partial charge in [0.05, 0.1) is 28.1 Å². The first-order valence-corrected chi connectivity index (χ1v) is 12.0. The van der Waals surface area contributed by atoms with Crippen molar-refractivity contribution >= 4 is 29.5 Å². The van der Waals surface area contributed by atoms with Gasteiger partial charge >= 0.3 is 0 Å². The lowest BCUT2D eigenvalue weighted by molar-refractivity contribution is -0.126. The third-order valence-corrected chi connectivity index (χ3v) is 8.62. The Balaban J connectivity index is 1.39. The Morgan fingerprint density at radius 2 is 2.09 bits per heavy atom. The average Bonchev–Trinajstić information content (AvgIpc) is 3.55. The van der Waals surface area contributed by atoms with Gasteiger partial charge in [0, 0.05) is 24.8 Å². The van der Waals surface area contributed by atoms with Crippen molar-refractivity contribution in [3.8, 4) is 0 Å². The number of hydrogen-bond acceptors (Lipinski definition) is 4. The van der Waals surface area contributed by atoms with Crippen LogP contribution in [-0.2, 0) is 4.79 Å². The number of nitrogens with one attached hydrogen (secondary N) is 2. The molecule has 10 heteroatoms. The standard InChI is InChI=1S/C22H24ClF3N4OS/c23-15-1-2-16(24)17(18(15)25)19(21-4-6-22(26,12-21)7-5-21)29-20(31)13-3-8-30(11-13)32-14-9-27-28-10-14/h1-2,9-10,13,19H,3-8,11-12H2,(H,27,28)(H,29,31). The quantitative estimate of drug-likeness (QED) is 0.437. The average molecular weight is 485 g/mol. The van der Waals surface area contributed by atoms with Crippen molar-refractivity contribution in [1.29, 1.82) is 0 Å². The lowest BCUT2D eigenvalue weighted by atomic mass is 9.74. The fraction of sp³-hybridized carbons (Fsp3) is 0.545. The third-order valence-electron chi connectivity index (χ3n) is 7.31. The van der Waals surface area contributed by atoms with E-state index in [1.54, 1.807) is 12.4 Å². The Kier molecular flexibility index (Phi) is 5.70. The number of nitrogens with zero attached hydrogens (tertiary/aromatic N) is 2. The van der Waals surface area contributed by atoms with E-state index in [0.29, 0.717) is 45.2 Å². The summed E-state index contributed by atoms with van der Waals surface area (Å²) in [5.41, 5.74) is -2.28. The summed E-state index contributed by atoms with van der Waals surface area (Å²) in [6, 6.07) is 1.32. The maximum absolute atomic E-state index is 15.0. The summed E-state index contributed by atoms with van der Waals surface area (Å²) in [6.07, 6.45) is 5.97. The molecule has 32 heavy (non-hydrogen) atoms. The van der Waals surface area contributed by atoms with Crippen LogP contribution in [0.15, 0.2) is 29.4 Å². The van der Waals surface area contributed by atoms with Crippen molar-refractivity contribution in [2.75, 3.05) is 13.1 Å². The molecule has 1 aliphatic heterocycles. The first-order valence-electron chi connectivity index (χ1n) is 10.8. The Morgan fingerprint density at radius 3 is 2.75 bits per heavy atom. The van der Waals surface area contributed by atoms with E-state index in [-0.39, 0.29) is 28.8 Å². The van der Waals surface area contributed by atoms with Crippen molar-refractivity contribution in [3.05, 3.63) is 46.7 Å². The van der Waals surface area contributed by atoms with E-state index in [9.17, 15) is 9.18 Å². The molecule has 0 spiro atoms. The number of aromatic amines is 1. The Morgan fingerprint density at radius 1 is 1.31 bits per heavy atom. The highest BCUT2D eigenvalue weighted by molar-refractivity contribution is 7.97. The molecule has 3 aliphatic rings. The minimum atomic E-state index is -1.32. The molecule has 172 valence electrons. The van der Waals surface area contributed by atoms with Gasteiger partial charge in [-0.15, -0.1) is 0 Å². The van der Waals surface area contributed by atoms with E-state index < -0.39 is 28.8 Å². The number of H-pyrrole nitrogens is 1. The van der Waals surface area contributed by atoms with Gasteiger partial charge in [-0.05, 0) is 68.0 Å². The minimum absolute atomic E-state index is 0.198. The predicted octanol–water partition coefficient (Wildman–Crippen LogP) is 5.20. The van der Waals surface area contributed by atoms with E-state index >= 15 is 8.78 Å². The van der Waals surface area contributed by atoms with Crippen LogP contribution in [0.2, 0.25) is 5.02 Å². The summed E-state index contributed by atoms with van der Waals surface area (Å²) in [7, 11) is 0. The molecule has 2 N–H and O–H groups in total. The molecular formula is C22H24ClF3N4OS. The van der Waals surface area contributed by atoms with Gasteiger partial charge in [0.25, 0.3) is 0 Å². The van der Waals surface area contributed by atoms with Crippen molar-refractivity contribution in [1.82, 2.24) is 19.8 Å². The number of benzene rings is 1. The normalized spacial score (nSPS) is 30.7. The van der Waals surface area contributed by atoms with Gasteiger partial charge in [-0.1, -0.05) is 11.6 Å². The van der Waals surface area contributed by atoms with E-state index in [4.69, 9.17) is 11.6 Å². The smallest absolute Gasteiger partial charge is 0.224 e. The monoisotopic (exact) mass is 484 g/mol. The van der Waals surface area contributed by atoms with Crippen molar-refractivity contribution in [3.63, 3.8) is 0 Å². The predicted molar refractivity (Wildman–Crippen MR) is 116 cm³/mol. The van der Waals surface area contributed by atoms with Crippen molar-refractivity contribution < 1.29 is 18.0 Å². The van der Waals surface area contributed by atoms with Gasteiger partial charge < -0.3 is 5.32 Å². The zero-order chi connectivity index (χ0) is 22.5. The number of halogens is 4. The number of aromatic nitrogens is 2. The Labute approximate surface area is 193 Å². The number of fused-ring (bicyclic) bond motifs is 2. The second-order valence-corrected chi connectivity index (χ2v) is 10.9. The molecule has 5 rings (SSSR count). The van der Waals surface area contributed by atoms with Crippen molar-refractivity contribution in [2.24, 2.45) is 11.3 Å². The Bertz CT molecular complexity index is 1010. The van der Waals surface area contributed by atoms with Gasteiger partial charge in [-0.25, -0.2) is 17.5 Å². The van der Waals surface area contributed by atoms with Gasteiger partial charge in [-0.2, -0.15) is 5.10 Å². The molecule has 5 nitrogen and oxygen atoms in total. The summed E-state index contributed by atoms with van der Waals surface area (Å²) in [6.45, 7) is 1.21. The zero-order valence-corrected chi connectivity index (χ0v) is 18.9. The van der Waals surface area contributed by atoms with Gasteiger partial charge in [-0.3, -0.25) is 9.89 Å². The summed E-state index contributed by atoms with van der Waals surface area (Å²) in [5.74, 6) is -2.23. The topological polar surface area (TPSA) is 61.0 Å². The molecule has 1 saturated heterocycles. The molecule has 2 heterocycles. The minimum Gasteiger partial charge on any atom is -0.348 e. The van der Waals surface area contributed by atoms with Crippen LogP contribution in [0, 0.1) is 23.0 Å². The van der Waals surface area contributed by atoms with Crippen LogP contribution >= 0.6 is 23.5 Å². The highest BCUT2D eigenvalue weighted by Crippen LogP contribution is 2.63. The van der Waals surface area contributed by atoms with E-state index in [1.165, 1.54) is 11.9 Å². The molecular weight excluding hydrogens is 461 g/mol. The second-order valence-electron chi connectivity index (χ2n) is 9.29. The lowest BCUT2D eigenvalue weighted by Crippen LogP contribution is -2.43. The fourth-order valence-electron chi connectivity index (χ4n) is 5.63. The summed E-state index contributed by atoms with van der Waals surface area (Å²) in [4.78, 5) is 14.2. The largest absolute Gasteiger partial charge is 0.348 e. The number of carbonyl (C=O) groups excluding carboxylic acids is 1.